The van der Waals surface area contributed by atoms with E-state index in [1.165, 1.54) is 6.33 Å². The molecule has 0 aromatic carbocycles. The zero-order chi connectivity index (χ0) is 21.6. The average molecular weight is 429 g/mol. The van der Waals surface area contributed by atoms with Gasteiger partial charge in [-0.3, -0.25) is 0 Å². The number of ether oxygens (including phenoxy) is 1. The van der Waals surface area contributed by atoms with E-state index in [9.17, 15) is 13.9 Å². The predicted molar refractivity (Wildman–Crippen MR) is 108 cm³/mol. The molecule has 0 unspecified atom stereocenters. The fourth-order valence-corrected chi connectivity index (χ4v) is 3.94. The number of aromatic nitrogens is 6. The normalized spacial score (nSPS) is 21.0. The Morgan fingerprint density at radius 2 is 2.13 bits per heavy atom. The number of aliphatic hydroxyl groups is 1. The molecule has 4 heterocycles. The molecule has 31 heavy (non-hydrogen) atoms. The minimum absolute atomic E-state index is 0.00936. The molecular weight excluding hydrogens is 408 g/mol. The number of hydrogen-bond donors (Lipinski definition) is 2. The quantitative estimate of drug-likeness (QED) is 0.466. The molecule has 1 fully saturated rings. The Bertz CT molecular complexity index is 1230. The molecule has 0 spiro atoms. The van der Waals surface area contributed by atoms with Gasteiger partial charge in [0.05, 0.1) is 5.60 Å². The van der Waals surface area contributed by atoms with E-state index in [0.29, 0.717) is 30.4 Å². The first-order valence-electron chi connectivity index (χ1n) is 10.0. The Hall–Kier alpha value is -3.34. The minimum Gasteiger partial charge on any atom is -0.470 e. The molecule has 4 aromatic rings. The van der Waals surface area contributed by atoms with Crippen molar-refractivity contribution in [2.45, 2.75) is 44.3 Å². The third-order valence-corrected chi connectivity index (χ3v) is 5.65. The van der Waals surface area contributed by atoms with Crippen LogP contribution in [0.4, 0.5) is 14.7 Å². The van der Waals surface area contributed by atoms with Crippen molar-refractivity contribution in [1.29, 1.82) is 0 Å². The van der Waals surface area contributed by atoms with Crippen molar-refractivity contribution in [3.8, 4) is 17.0 Å². The molecule has 2 N–H and O–H groups in total. The fourth-order valence-electron chi connectivity index (χ4n) is 3.94. The maximum Gasteiger partial charge on any atom is 0.272 e. The number of nitrogens with one attached hydrogen (secondary N) is 1. The van der Waals surface area contributed by atoms with E-state index in [1.54, 1.807) is 21.4 Å². The Labute approximate surface area is 175 Å². The number of rotatable bonds is 7. The second kappa shape index (κ2) is 7.41. The molecule has 1 aliphatic rings. The molecule has 11 heteroatoms. The van der Waals surface area contributed by atoms with E-state index in [2.05, 4.69) is 25.5 Å². The Kier molecular flexibility index (Phi) is 4.69. The third-order valence-electron chi connectivity index (χ3n) is 5.65. The van der Waals surface area contributed by atoms with Crippen molar-refractivity contribution in [3.63, 3.8) is 0 Å². The van der Waals surface area contributed by atoms with Gasteiger partial charge in [0, 0.05) is 29.6 Å². The largest absolute Gasteiger partial charge is 0.470 e. The van der Waals surface area contributed by atoms with Crippen molar-refractivity contribution in [2.75, 3.05) is 11.9 Å². The van der Waals surface area contributed by atoms with Crippen LogP contribution in [0.3, 0.4) is 0 Å². The monoisotopic (exact) mass is 429 g/mol. The lowest BCUT2D eigenvalue weighted by Crippen LogP contribution is -2.50. The lowest BCUT2D eigenvalue weighted by Gasteiger charge is -2.43. The Morgan fingerprint density at radius 3 is 2.90 bits per heavy atom. The molecule has 0 atom stereocenters. The minimum atomic E-state index is -2.64. The smallest absolute Gasteiger partial charge is 0.272 e. The molecule has 162 valence electrons. The first kappa shape index (κ1) is 19.6. The van der Waals surface area contributed by atoms with E-state index in [-0.39, 0.29) is 17.9 Å². The van der Waals surface area contributed by atoms with Crippen LogP contribution in [0, 0.1) is 0 Å². The maximum absolute atomic E-state index is 12.9. The second-order valence-corrected chi connectivity index (χ2v) is 7.77. The molecule has 0 saturated heterocycles. The van der Waals surface area contributed by atoms with E-state index >= 15 is 0 Å². The van der Waals surface area contributed by atoms with Crippen LogP contribution in [0.2, 0.25) is 0 Å². The highest BCUT2D eigenvalue weighted by Crippen LogP contribution is 2.37. The topological polar surface area (TPSA) is 102 Å². The number of fused-ring (bicyclic) bond motifs is 2. The SMILES string of the molecule is CC[C@]1(O)C[C@@H](Nc2nc(OCC(F)F)c3c(-c4ccc5ncnn5c4)ccn3n2)C1. The summed E-state index contributed by atoms with van der Waals surface area (Å²) in [4.78, 5) is 8.49. The summed E-state index contributed by atoms with van der Waals surface area (Å²) >= 11 is 0. The van der Waals surface area contributed by atoms with E-state index in [4.69, 9.17) is 4.74 Å². The van der Waals surface area contributed by atoms with E-state index < -0.39 is 18.6 Å². The van der Waals surface area contributed by atoms with Crippen molar-refractivity contribution in [3.05, 3.63) is 36.9 Å². The first-order valence-corrected chi connectivity index (χ1v) is 10.0. The molecule has 0 aliphatic heterocycles. The Morgan fingerprint density at radius 1 is 1.29 bits per heavy atom. The molecule has 1 saturated carbocycles. The van der Waals surface area contributed by atoms with Gasteiger partial charge in [0.25, 0.3) is 6.43 Å². The lowest BCUT2D eigenvalue weighted by atomic mass is 9.74. The summed E-state index contributed by atoms with van der Waals surface area (Å²) in [5, 5.41) is 22.0. The summed E-state index contributed by atoms with van der Waals surface area (Å²) in [6.07, 6.45) is 4.16. The average Bonchev–Trinajstić information content (AvgIpc) is 3.36. The molecule has 4 aromatic heterocycles. The van der Waals surface area contributed by atoms with Crippen molar-refractivity contribution in [2.24, 2.45) is 0 Å². The summed E-state index contributed by atoms with van der Waals surface area (Å²) < 4.78 is 34.3. The van der Waals surface area contributed by atoms with Crippen LogP contribution in [0.1, 0.15) is 26.2 Å². The molecule has 0 amide bonds. The lowest BCUT2D eigenvalue weighted by molar-refractivity contribution is -0.0442. The van der Waals surface area contributed by atoms with Crippen LogP contribution in [0.5, 0.6) is 5.88 Å². The number of pyridine rings is 1. The van der Waals surface area contributed by atoms with Crippen LogP contribution < -0.4 is 10.1 Å². The maximum atomic E-state index is 12.9. The van der Waals surface area contributed by atoms with Gasteiger partial charge in [0.15, 0.2) is 12.3 Å². The highest BCUT2D eigenvalue weighted by atomic mass is 19.3. The predicted octanol–water partition coefficient (Wildman–Crippen LogP) is 2.80. The van der Waals surface area contributed by atoms with Gasteiger partial charge in [-0.1, -0.05) is 6.92 Å². The molecule has 5 rings (SSSR count). The van der Waals surface area contributed by atoms with Gasteiger partial charge < -0.3 is 15.2 Å². The summed E-state index contributed by atoms with van der Waals surface area (Å²) in [5.41, 5.74) is 2.01. The van der Waals surface area contributed by atoms with Crippen LogP contribution in [-0.4, -0.2) is 59.0 Å². The van der Waals surface area contributed by atoms with Gasteiger partial charge in [0.2, 0.25) is 11.8 Å². The van der Waals surface area contributed by atoms with Gasteiger partial charge in [-0.15, -0.1) is 5.10 Å². The van der Waals surface area contributed by atoms with Crippen molar-refractivity contribution < 1.29 is 18.6 Å². The van der Waals surface area contributed by atoms with Crippen LogP contribution >= 0.6 is 0 Å². The second-order valence-electron chi connectivity index (χ2n) is 7.77. The van der Waals surface area contributed by atoms with Crippen molar-refractivity contribution >= 4 is 17.1 Å². The zero-order valence-electron chi connectivity index (χ0n) is 16.7. The molecule has 9 nitrogen and oxygen atoms in total. The number of hydrogen-bond acceptors (Lipinski definition) is 7. The van der Waals surface area contributed by atoms with E-state index in [0.717, 1.165) is 11.1 Å². The highest BCUT2D eigenvalue weighted by Gasteiger charge is 2.41. The fraction of sp³-hybridized carbons (Fsp3) is 0.400. The van der Waals surface area contributed by atoms with Crippen LogP contribution in [0.15, 0.2) is 36.9 Å². The summed E-state index contributed by atoms with van der Waals surface area (Å²) in [6.45, 7) is 1.16. The Balaban J connectivity index is 1.52. The number of alkyl halides is 2. The number of anilines is 1. The zero-order valence-corrected chi connectivity index (χ0v) is 16.7. The van der Waals surface area contributed by atoms with Gasteiger partial charge in [-0.05, 0) is 37.5 Å². The first-order chi connectivity index (χ1) is 14.9. The summed E-state index contributed by atoms with van der Waals surface area (Å²) in [6, 6.07) is 5.51. The molecule has 0 radical (unpaired) electrons. The van der Waals surface area contributed by atoms with Crippen LogP contribution in [-0.2, 0) is 0 Å². The highest BCUT2D eigenvalue weighted by molar-refractivity contribution is 5.84. The van der Waals surface area contributed by atoms with Gasteiger partial charge in [-0.25, -0.2) is 22.8 Å². The third kappa shape index (κ3) is 3.65. The summed E-state index contributed by atoms with van der Waals surface area (Å²) in [7, 11) is 0. The summed E-state index contributed by atoms with van der Waals surface area (Å²) in [5.74, 6) is 0.315. The molecular formula is C20H21F2N7O2. The van der Waals surface area contributed by atoms with Gasteiger partial charge >= 0.3 is 0 Å². The van der Waals surface area contributed by atoms with Crippen LogP contribution in [0.25, 0.3) is 22.3 Å². The molecule has 0 bridgehead atoms. The number of halogens is 2. The van der Waals surface area contributed by atoms with Gasteiger partial charge in [0.1, 0.15) is 11.8 Å². The van der Waals surface area contributed by atoms with Gasteiger partial charge in [-0.2, -0.15) is 10.1 Å². The van der Waals surface area contributed by atoms with Crippen molar-refractivity contribution in [1.82, 2.24) is 29.2 Å². The van der Waals surface area contributed by atoms with E-state index in [1.807, 2.05) is 25.1 Å². The number of nitrogens with zero attached hydrogens (tertiary/aromatic N) is 6. The molecule has 1 aliphatic carbocycles. The standard InChI is InChI=1S/C20H21F2N7O2/c1-2-20(30)7-13(8-20)25-19-26-18(31-10-15(21)22)17-14(5-6-28(17)27-19)12-3-4-16-23-11-24-29(16)9-12/h3-6,9,11,13,15,30H,2,7-8,10H2,1H3,(H,25,27)/t13-,20+.